The first kappa shape index (κ1) is 21.2. The van der Waals surface area contributed by atoms with Gasteiger partial charge in [0.15, 0.2) is 11.5 Å². The molecule has 7 nitrogen and oxygen atoms in total. The van der Waals surface area contributed by atoms with Crippen molar-refractivity contribution in [2.24, 2.45) is 0 Å². The highest BCUT2D eigenvalue weighted by atomic mass is 16.6. The van der Waals surface area contributed by atoms with E-state index in [0.717, 1.165) is 44.0 Å². The third-order valence-corrected chi connectivity index (χ3v) is 5.49. The number of ether oxygens (including phenoxy) is 4. The minimum Gasteiger partial charge on any atom is -0.493 e. The number of fused-ring (bicyclic) bond motifs is 1. The van der Waals surface area contributed by atoms with Crippen molar-refractivity contribution >= 4 is 12.0 Å². The van der Waals surface area contributed by atoms with E-state index >= 15 is 0 Å². The van der Waals surface area contributed by atoms with Gasteiger partial charge in [0.1, 0.15) is 32.8 Å². The van der Waals surface area contributed by atoms with Crippen molar-refractivity contribution in [2.45, 2.75) is 13.1 Å². The van der Waals surface area contributed by atoms with Gasteiger partial charge in [0.25, 0.3) is 0 Å². The van der Waals surface area contributed by atoms with Crippen molar-refractivity contribution in [1.29, 1.82) is 0 Å². The molecule has 1 saturated heterocycles. The van der Waals surface area contributed by atoms with Gasteiger partial charge < -0.3 is 29.2 Å². The van der Waals surface area contributed by atoms with E-state index in [0.29, 0.717) is 37.0 Å². The number of hydrogen-bond acceptors (Lipinski definition) is 5. The molecule has 31 heavy (non-hydrogen) atoms. The molecule has 0 atom stereocenters. The fourth-order valence-corrected chi connectivity index (χ4v) is 3.81. The van der Waals surface area contributed by atoms with Gasteiger partial charge in [-0.3, -0.25) is 4.79 Å². The lowest BCUT2D eigenvalue weighted by Crippen LogP contribution is -3.12. The number of quaternary nitrogens is 1. The highest BCUT2D eigenvalue weighted by Crippen LogP contribution is 2.40. The van der Waals surface area contributed by atoms with E-state index in [-0.39, 0.29) is 5.91 Å². The predicted octanol–water partition coefficient (Wildman–Crippen LogP) is 1.21. The molecule has 0 aromatic heterocycles. The van der Waals surface area contributed by atoms with Crippen LogP contribution in [0, 0.1) is 0 Å². The van der Waals surface area contributed by atoms with Crippen molar-refractivity contribution in [3.63, 3.8) is 0 Å². The Morgan fingerprint density at radius 3 is 2.68 bits per heavy atom. The average molecular weight is 426 g/mol. The Labute approximate surface area is 182 Å². The molecular formula is C24H29N2O5+. The fourth-order valence-electron chi connectivity index (χ4n) is 3.81. The SMILES string of the molecule is COc1cc(/C=C/C(=O)NCc2ccccc2C[NH+]2CCOCC2)cc2c1OCCO2. The molecule has 0 radical (unpaired) electrons. The molecule has 2 aliphatic rings. The van der Waals surface area contributed by atoms with E-state index in [4.69, 9.17) is 18.9 Å². The van der Waals surface area contributed by atoms with Crippen LogP contribution in [0.1, 0.15) is 16.7 Å². The Morgan fingerprint density at radius 2 is 1.87 bits per heavy atom. The summed E-state index contributed by atoms with van der Waals surface area (Å²) in [6.45, 7) is 6.08. The fraction of sp³-hybridized carbons (Fsp3) is 0.375. The molecule has 2 N–H and O–H groups in total. The second-order valence-electron chi connectivity index (χ2n) is 7.61. The lowest BCUT2D eigenvalue weighted by atomic mass is 10.1. The van der Waals surface area contributed by atoms with Crippen molar-refractivity contribution < 1.29 is 28.6 Å². The number of methoxy groups -OCH3 is 1. The van der Waals surface area contributed by atoms with Crippen molar-refractivity contribution in [3.8, 4) is 17.2 Å². The Morgan fingerprint density at radius 1 is 1.10 bits per heavy atom. The van der Waals surface area contributed by atoms with Gasteiger partial charge in [-0.15, -0.1) is 0 Å². The number of morpholine rings is 1. The first-order chi connectivity index (χ1) is 15.2. The van der Waals surface area contributed by atoms with Crippen molar-refractivity contribution in [1.82, 2.24) is 5.32 Å². The molecule has 2 aliphatic heterocycles. The first-order valence-electron chi connectivity index (χ1n) is 10.6. The maximum Gasteiger partial charge on any atom is 0.244 e. The van der Waals surface area contributed by atoms with Crippen LogP contribution in [0.2, 0.25) is 0 Å². The zero-order valence-electron chi connectivity index (χ0n) is 17.8. The average Bonchev–Trinajstić information content (AvgIpc) is 2.82. The maximum absolute atomic E-state index is 12.4. The Hall–Kier alpha value is -3.03. The van der Waals surface area contributed by atoms with Crippen molar-refractivity contribution in [2.75, 3.05) is 46.6 Å². The first-order valence-corrected chi connectivity index (χ1v) is 10.6. The van der Waals surface area contributed by atoms with E-state index in [1.807, 2.05) is 18.2 Å². The quantitative estimate of drug-likeness (QED) is 0.653. The van der Waals surface area contributed by atoms with Gasteiger partial charge in [-0.05, 0) is 29.3 Å². The molecule has 0 unspecified atom stereocenters. The monoisotopic (exact) mass is 425 g/mol. The van der Waals surface area contributed by atoms with Crippen LogP contribution in [-0.2, 0) is 22.6 Å². The molecule has 0 aliphatic carbocycles. The number of hydrogen-bond donors (Lipinski definition) is 2. The lowest BCUT2D eigenvalue weighted by Gasteiger charge is -2.24. The zero-order valence-corrected chi connectivity index (χ0v) is 17.8. The Balaban J connectivity index is 1.37. The number of nitrogens with one attached hydrogen (secondary N) is 2. The van der Waals surface area contributed by atoms with Gasteiger partial charge >= 0.3 is 0 Å². The van der Waals surface area contributed by atoms with Crippen LogP contribution >= 0.6 is 0 Å². The molecule has 0 saturated carbocycles. The van der Waals surface area contributed by atoms with Crippen LogP contribution in [0.5, 0.6) is 17.2 Å². The van der Waals surface area contributed by atoms with E-state index in [9.17, 15) is 4.79 Å². The number of rotatable bonds is 7. The second-order valence-corrected chi connectivity index (χ2v) is 7.61. The lowest BCUT2D eigenvalue weighted by molar-refractivity contribution is -0.921. The second kappa shape index (κ2) is 10.3. The summed E-state index contributed by atoms with van der Waals surface area (Å²) >= 11 is 0. The van der Waals surface area contributed by atoms with Crippen LogP contribution in [0.3, 0.4) is 0 Å². The van der Waals surface area contributed by atoms with Gasteiger partial charge in [0.2, 0.25) is 11.7 Å². The summed E-state index contributed by atoms with van der Waals surface area (Å²) in [4.78, 5) is 13.9. The largest absolute Gasteiger partial charge is 0.493 e. The minimum absolute atomic E-state index is 0.151. The van der Waals surface area contributed by atoms with Crippen molar-refractivity contribution in [3.05, 3.63) is 59.2 Å². The van der Waals surface area contributed by atoms with Gasteiger partial charge in [-0.2, -0.15) is 0 Å². The predicted molar refractivity (Wildman–Crippen MR) is 117 cm³/mol. The summed E-state index contributed by atoms with van der Waals surface area (Å²) < 4.78 is 22.1. The highest BCUT2D eigenvalue weighted by Gasteiger charge is 2.18. The molecule has 2 aromatic rings. The molecule has 1 fully saturated rings. The van der Waals surface area contributed by atoms with Gasteiger partial charge in [0.05, 0.1) is 20.3 Å². The topological polar surface area (TPSA) is 70.5 Å². The molecular weight excluding hydrogens is 396 g/mol. The minimum atomic E-state index is -0.151. The molecule has 2 aromatic carbocycles. The third-order valence-electron chi connectivity index (χ3n) is 5.49. The van der Waals surface area contributed by atoms with Crippen LogP contribution < -0.4 is 24.4 Å². The van der Waals surface area contributed by atoms with Gasteiger partial charge in [0, 0.05) is 18.2 Å². The van der Waals surface area contributed by atoms with Crippen LogP contribution in [-0.4, -0.2) is 52.5 Å². The maximum atomic E-state index is 12.4. The van der Waals surface area contributed by atoms with Gasteiger partial charge in [-0.25, -0.2) is 0 Å². The standard InChI is InChI=1S/C24H28N2O5/c1-28-21-14-18(15-22-24(21)31-13-12-30-22)6-7-23(27)25-16-19-4-2-3-5-20(19)17-26-8-10-29-11-9-26/h2-7,14-15H,8-13,16-17H2,1H3,(H,25,27)/p+1/b7-6+. The molecule has 0 spiro atoms. The number of carbonyl (C=O) groups is 1. The summed E-state index contributed by atoms with van der Waals surface area (Å²) in [5, 5.41) is 2.99. The normalized spacial score (nSPS) is 16.3. The molecule has 164 valence electrons. The molecule has 0 bridgehead atoms. The summed E-state index contributed by atoms with van der Waals surface area (Å²) in [5.74, 6) is 1.68. The summed E-state index contributed by atoms with van der Waals surface area (Å²) in [6, 6.07) is 12.0. The molecule has 2 heterocycles. The molecule has 7 heteroatoms. The van der Waals surface area contributed by atoms with E-state index in [1.54, 1.807) is 13.2 Å². The number of amides is 1. The summed E-state index contributed by atoms with van der Waals surface area (Å²) in [6.07, 6.45) is 3.28. The molecule has 1 amide bonds. The van der Waals surface area contributed by atoms with Crippen LogP contribution in [0.4, 0.5) is 0 Å². The summed E-state index contributed by atoms with van der Waals surface area (Å²) in [7, 11) is 1.59. The highest BCUT2D eigenvalue weighted by molar-refractivity contribution is 5.91. The van der Waals surface area contributed by atoms with Crippen LogP contribution in [0.25, 0.3) is 6.08 Å². The summed E-state index contributed by atoms with van der Waals surface area (Å²) in [5.41, 5.74) is 3.22. The zero-order chi connectivity index (χ0) is 21.5. The van der Waals surface area contributed by atoms with E-state index < -0.39 is 0 Å². The number of carbonyl (C=O) groups excluding carboxylic acids is 1. The third kappa shape index (κ3) is 5.57. The van der Waals surface area contributed by atoms with E-state index in [1.165, 1.54) is 16.5 Å². The Bertz CT molecular complexity index is 920. The van der Waals surface area contributed by atoms with Crippen LogP contribution in [0.15, 0.2) is 42.5 Å². The number of benzene rings is 2. The smallest absolute Gasteiger partial charge is 0.244 e. The molecule has 4 rings (SSSR count). The Kier molecular flexibility index (Phi) is 7.07. The van der Waals surface area contributed by atoms with E-state index in [2.05, 4.69) is 23.5 Å². The van der Waals surface area contributed by atoms with Gasteiger partial charge in [-0.1, -0.05) is 24.3 Å².